The number of hydrogen-bond donors (Lipinski definition) is 0. The van der Waals surface area contributed by atoms with Gasteiger partial charge in [-0.2, -0.15) is 0 Å². The molecule has 10 rings (SSSR count). The van der Waals surface area contributed by atoms with Crippen molar-refractivity contribution in [1.82, 2.24) is 9.13 Å². The molecule has 0 fully saturated rings. The Labute approximate surface area is 286 Å². The van der Waals surface area contributed by atoms with Crippen LogP contribution in [-0.4, -0.2) is 39.7 Å². The molecule has 50 heavy (non-hydrogen) atoms. The Hall–Kier alpha value is -6.83. The molecule has 4 aliphatic heterocycles. The molecule has 10 heteroatoms. The molecular formula is C40H40FFmN8-. The van der Waals surface area contributed by atoms with E-state index < -0.39 is 0 Å². The third-order valence-corrected chi connectivity index (χ3v) is 8.21. The first kappa shape index (κ1) is 36.0. The van der Waals surface area contributed by atoms with Crippen LogP contribution in [0.3, 0.4) is 0 Å². The molecule has 6 bridgehead atoms. The minimum Gasteiger partial charge on any atom is -0.358 e. The fraction of sp³-hybridized carbons (Fsp3) is 0.175. The number of hydrogen-bond acceptors (Lipinski definition) is 6. The number of fused-ring (bicyclic) bond motifs is 14. The zero-order valence-electron chi connectivity index (χ0n) is 28.2. The Morgan fingerprint density at radius 3 is 1.10 bits per heavy atom. The van der Waals surface area contributed by atoms with Gasteiger partial charge in [-0.1, -0.05) is 132 Å². The van der Waals surface area contributed by atoms with Crippen LogP contribution in [0.4, 0.5) is 16.0 Å². The molecule has 0 saturated heterocycles. The van der Waals surface area contributed by atoms with Gasteiger partial charge in [-0.3, -0.25) is 13.5 Å². The van der Waals surface area contributed by atoms with Gasteiger partial charge >= 0.3 is 0 Å². The van der Waals surface area contributed by atoms with E-state index >= 15 is 0 Å². The van der Waals surface area contributed by atoms with Crippen molar-refractivity contribution in [3.8, 4) is 0 Å². The second kappa shape index (κ2) is 14.5. The van der Waals surface area contributed by atoms with Crippen LogP contribution in [0.5, 0.6) is 0 Å². The standard InChI is InChI=1S/C33H18N8.2C2H6.CH3F.CH4.CH3.Fm/c1-2-10-19-18(9-1)26-34-27(19)37-31-24-15-7-8-16-25(24)33-39-29-21-12-4-3-11-20(21)28(35-29)38-32-23-14-6-5-13-22(23)30(36-26)40(32)17-41(31)33;3*1-2;;;/h1-16H,17H2;2*1-2H3;1H3;1H4;1H3;/q;;;;;-1;. The molecule has 0 atom stereocenters. The summed E-state index contributed by atoms with van der Waals surface area (Å²) in [5, 5.41) is 4.02. The van der Waals surface area contributed by atoms with Gasteiger partial charge in [0, 0.05) is 43.8 Å². The van der Waals surface area contributed by atoms with Crippen molar-refractivity contribution in [3.63, 3.8) is 0 Å². The Bertz CT molecular complexity index is 2300. The monoisotopic (exact) mass is 908 g/mol. The van der Waals surface area contributed by atoms with Crippen LogP contribution in [0.2, 0.25) is 0 Å². The molecule has 0 N–H and O–H groups in total. The first-order valence-electron chi connectivity index (χ1n) is 15.9. The van der Waals surface area contributed by atoms with Crippen LogP contribution in [0.15, 0.2) is 127 Å². The Kier molecular flexibility index (Phi) is 10.5. The van der Waals surface area contributed by atoms with Gasteiger partial charge in [-0.05, 0) is 0 Å². The van der Waals surface area contributed by atoms with E-state index in [1.54, 1.807) is 0 Å². The van der Waals surface area contributed by atoms with E-state index in [1.807, 2.05) is 76.2 Å². The molecule has 0 saturated carbocycles. The van der Waals surface area contributed by atoms with Crippen LogP contribution in [-0.2, 0) is 6.67 Å². The summed E-state index contributed by atoms with van der Waals surface area (Å²) in [6.45, 7) is 8.42. The maximum Gasteiger partial charge on any atom is 0.164 e. The number of halogens is 1. The average Bonchev–Trinajstić information content (AvgIpc) is 3.85. The number of nitrogens with zero attached hydrogens (tertiary/aromatic N) is 8. The van der Waals surface area contributed by atoms with Crippen LogP contribution in [0.1, 0.15) is 57.4 Å². The van der Waals surface area contributed by atoms with Crippen molar-refractivity contribution >= 4 is 56.5 Å². The summed E-state index contributed by atoms with van der Waals surface area (Å²) in [5.74, 6) is 4.18. The summed E-state index contributed by atoms with van der Waals surface area (Å²) in [6.07, 6.45) is 0. The minimum absolute atomic E-state index is 0. The van der Waals surface area contributed by atoms with Crippen molar-refractivity contribution in [2.75, 3.05) is 7.18 Å². The Morgan fingerprint density at radius 2 is 0.740 bits per heavy atom. The number of benzene rings is 4. The molecule has 0 spiro atoms. The van der Waals surface area contributed by atoms with Crippen molar-refractivity contribution in [2.24, 2.45) is 30.0 Å². The second-order valence-corrected chi connectivity index (χ2v) is 10.4. The van der Waals surface area contributed by atoms with Crippen LogP contribution < -0.4 is 11.0 Å². The molecule has 2 aromatic heterocycles. The van der Waals surface area contributed by atoms with Crippen LogP contribution in [0, 0.1) is 7.43 Å². The normalized spacial score (nSPS) is 13.2. The first-order valence-corrected chi connectivity index (χ1v) is 15.9. The van der Waals surface area contributed by atoms with Gasteiger partial charge in [0.2, 0.25) is 0 Å². The number of amidine groups is 4. The second-order valence-electron chi connectivity index (χ2n) is 10.4. The van der Waals surface area contributed by atoms with Gasteiger partial charge in [-0.25, -0.2) is 30.0 Å². The summed E-state index contributed by atoms with van der Waals surface area (Å²) in [6, 6.07) is 32.9. The third kappa shape index (κ3) is 5.19. The van der Waals surface area contributed by atoms with Gasteiger partial charge < -0.3 is 7.43 Å². The Morgan fingerprint density at radius 1 is 0.440 bits per heavy atom. The van der Waals surface area contributed by atoms with Gasteiger partial charge in [0.1, 0.15) is 29.3 Å². The van der Waals surface area contributed by atoms with Gasteiger partial charge in [-0.15, -0.1) is 0 Å². The SMILES string of the molecule is C.CC.CC.CF.[CH3-].[Fm].c1ccc2c(c1)C1=NC2=Nc2c3ccccc3c3n2Cn2c(c4ccccc4c2=NC2=NC(=N3)c3ccccc32)=N1. The molecular weight excluding hydrogens is 868 g/mol. The fourth-order valence-electron chi connectivity index (χ4n) is 6.35. The van der Waals surface area contributed by atoms with Gasteiger partial charge in [0.25, 0.3) is 0 Å². The van der Waals surface area contributed by atoms with E-state index in [1.165, 1.54) is 0 Å². The third-order valence-electron chi connectivity index (χ3n) is 8.21. The summed E-state index contributed by atoms with van der Waals surface area (Å²) >= 11 is 0. The number of rotatable bonds is 0. The van der Waals surface area contributed by atoms with Crippen molar-refractivity contribution in [3.05, 3.63) is 138 Å². The van der Waals surface area contributed by atoms with E-state index in [9.17, 15) is 4.39 Å². The van der Waals surface area contributed by atoms with E-state index in [-0.39, 0.29) is 14.9 Å². The Balaban J connectivity index is 0.000000596. The topological polar surface area (TPSA) is 84.0 Å². The summed E-state index contributed by atoms with van der Waals surface area (Å²) < 4.78 is 13.8. The van der Waals surface area contributed by atoms with E-state index in [4.69, 9.17) is 30.0 Å². The molecule has 260 valence electrons. The van der Waals surface area contributed by atoms with Crippen molar-refractivity contribution < 1.29 is 4.39 Å². The minimum atomic E-state index is 0. The molecule has 6 heterocycles. The maximum absolute atomic E-state index is 9.50. The largest absolute Gasteiger partial charge is 0.358 e. The van der Waals surface area contributed by atoms with Gasteiger partial charge in [0.15, 0.2) is 23.3 Å². The quantitative estimate of drug-likeness (QED) is 0.137. The zero-order chi connectivity index (χ0) is 32.7. The van der Waals surface area contributed by atoms with Crippen molar-refractivity contribution in [2.45, 2.75) is 41.8 Å². The zero-order valence-corrected chi connectivity index (χ0v) is 30.6. The number of aromatic nitrogens is 2. The molecule has 0 radical (unpaired) electrons. The number of alkyl halides is 1. The van der Waals surface area contributed by atoms with Crippen LogP contribution in [0.25, 0.3) is 21.5 Å². The molecule has 6 aromatic rings. The summed E-state index contributed by atoms with van der Waals surface area (Å²) in [5.41, 5.74) is 5.45. The molecule has 0 aliphatic carbocycles. The van der Waals surface area contributed by atoms with Gasteiger partial charge in [0.05, 0.1) is 7.18 Å². The molecule has 0 amide bonds. The van der Waals surface area contributed by atoms with Crippen LogP contribution >= 0.6 is 0 Å². The summed E-state index contributed by atoms with van der Waals surface area (Å²) in [4.78, 5) is 30.9. The summed E-state index contributed by atoms with van der Waals surface area (Å²) in [7, 11) is 0.500. The number of aliphatic imine (C=N–C) groups is 4. The van der Waals surface area contributed by atoms with E-state index in [2.05, 4.69) is 57.7 Å². The molecule has 4 aliphatic rings. The first-order chi connectivity index (χ1) is 23.3. The molecule has 4 aromatic carbocycles. The predicted molar refractivity (Wildman–Crippen MR) is 203 cm³/mol. The van der Waals surface area contributed by atoms with Crippen molar-refractivity contribution in [1.29, 1.82) is 0 Å². The van der Waals surface area contributed by atoms with E-state index in [0.29, 0.717) is 37.2 Å². The fourth-order valence-corrected chi connectivity index (χ4v) is 6.35. The smallest absolute Gasteiger partial charge is 0.164 e. The molecule has 0 unspecified atom stereocenters. The maximum atomic E-state index is 9.50. The molecule has 8 nitrogen and oxygen atoms in total. The average molecular weight is 909 g/mol. The van der Waals surface area contributed by atoms with E-state index in [0.717, 1.165) is 66.4 Å². The predicted octanol–water partition coefficient (Wildman–Crippen LogP) is 8.77.